The van der Waals surface area contributed by atoms with Crippen molar-refractivity contribution in [2.45, 2.75) is 39.5 Å². The molecule has 1 aliphatic carbocycles. The van der Waals surface area contributed by atoms with Gasteiger partial charge in [0.05, 0.1) is 0 Å². The van der Waals surface area contributed by atoms with Gasteiger partial charge in [-0.25, -0.2) is 0 Å². The van der Waals surface area contributed by atoms with Gasteiger partial charge in [-0.05, 0) is 60.8 Å². The highest BCUT2D eigenvalue weighted by Gasteiger charge is 2.36. The van der Waals surface area contributed by atoms with Crippen molar-refractivity contribution >= 4 is 19.2 Å². The van der Waals surface area contributed by atoms with Gasteiger partial charge in [0, 0.05) is 4.88 Å². The molecule has 1 heterocycles. The lowest BCUT2D eigenvalue weighted by atomic mass is 9.83. The lowest BCUT2D eigenvalue weighted by molar-refractivity contribution is 0.325. The van der Waals surface area contributed by atoms with Crippen LogP contribution < -0.4 is 0 Å². The van der Waals surface area contributed by atoms with E-state index in [1.165, 1.54) is 30.6 Å². The van der Waals surface area contributed by atoms with E-state index < -0.39 is 0 Å². The molecule has 0 aromatic carbocycles. The molecule has 2 heteroatoms. The Hall–Kier alpha value is -0.495. The summed E-state index contributed by atoms with van der Waals surface area (Å²) in [4.78, 5) is 1.53. The third kappa shape index (κ3) is 3.29. The van der Waals surface area contributed by atoms with Gasteiger partial charge in [-0.1, -0.05) is 26.0 Å². The van der Waals surface area contributed by atoms with Crippen LogP contribution in [0.25, 0.3) is 0 Å². The lowest BCUT2D eigenvalue weighted by Crippen LogP contribution is -2.14. The fourth-order valence-electron chi connectivity index (χ4n) is 3.62. The van der Waals surface area contributed by atoms with E-state index in [0.717, 1.165) is 17.8 Å². The van der Waals surface area contributed by atoms with Crippen LogP contribution >= 0.6 is 11.3 Å². The molecular weight excluding hydrogens is 235 g/mol. The maximum atomic E-state index is 5.61. The van der Waals surface area contributed by atoms with Crippen LogP contribution in [0.15, 0.2) is 29.6 Å². The molecule has 0 aliphatic heterocycles. The number of allylic oxidation sites excluding steroid dienone is 1. The first-order valence-electron chi connectivity index (χ1n) is 7.13. The summed E-state index contributed by atoms with van der Waals surface area (Å²) < 4.78 is 0. The van der Waals surface area contributed by atoms with Crippen molar-refractivity contribution in [1.29, 1.82) is 0 Å². The molecule has 2 radical (unpaired) electrons. The number of hydrogen-bond donors (Lipinski definition) is 0. The first-order valence-corrected chi connectivity index (χ1v) is 8.01. The van der Waals surface area contributed by atoms with Crippen LogP contribution in [0.2, 0.25) is 0 Å². The maximum absolute atomic E-state index is 5.61. The first kappa shape index (κ1) is 13.9. The highest BCUT2D eigenvalue weighted by molar-refractivity contribution is 7.09. The summed E-state index contributed by atoms with van der Waals surface area (Å²) in [6.07, 6.45) is 7.51. The predicted octanol–water partition coefficient (Wildman–Crippen LogP) is 4.66. The molecule has 2 rings (SSSR count). The molecule has 18 heavy (non-hydrogen) atoms. The maximum Gasteiger partial charge on any atom is 0.102 e. The van der Waals surface area contributed by atoms with Gasteiger partial charge in [-0.3, -0.25) is 0 Å². The van der Waals surface area contributed by atoms with Crippen LogP contribution in [-0.4, -0.2) is 7.85 Å². The van der Waals surface area contributed by atoms with Crippen LogP contribution in [0.5, 0.6) is 0 Å². The smallest absolute Gasteiger partial charge is 0.102 e. The predicted molar refractivity (Wildman–Crippen MR) is 82.1 cm³/mol. The molecule has 0 spiro atoms. The third-order valence-electron chi connectivity index (χ3n) is 4.50. The molecule has 0 saturated heterocycles. The molecule has 4 unspecified atom stereocenters. The van der Waals surface area contributed by atoms with E-state index in [1.807, 2.05) is 11.3 Å². The van der Waals surface area contributed by atoms with Gasteiger partial charge in [0.15, 0.2) is 0 Å². The minimum absolute atomic E-state index is 0.702. The zero-order valence-electron chi connectivity index (χ0n) is 11.5. The first-order chi connectivity index (χ1) is 8.72. The molecule has 0 bridgehead atoms. The molecule has 1 saturated carbocycles. The van der Waals surface area contributed by atoms with E-state index in [9.17, 15) is 0 Å². The third-order valence-corrected chi connectivity index (χ3v) is 5.44. The van der Waals surface area contributed by atoms with Gasteiger partial charge >= 0.3 is 0 Å². The zero-order valence-corrected chi connectivity index (χ0v) is 12.3. The minimum Gasteiger partial charge on any atom is -0.149 e. The van der Waals surface area contributed by atoms with Gasteiger partial charge in [0.1, 0.15) is 7.85 Å². The molecule has 1 aromatic rings. The van der Waals surface area contributed by atoms with Crippen LogP contribution in [0.1, 0.15) is 38.0 Å². The Morgan fingerprint density at radius 3 is 2.89 bits per heavy atom. The highest BCUT2D eigenvalue weighted by Crippen LogP contribution is 2.44. The molecule has 1 aliphatic rings. The van der Waals surface area contributed by atoms with E-state index in [-0.39, 0.29) is 0 Å². The normalized spacial score (nSPS) is 32.3. The number of thiophene rings is 1. The topological polar surface area (TPSA) is 0 Å². The summed E-state index contributed by atoms with van der Waals surface area (Å²) in [5.41, 5.74) is 0. The monoisotopic (exact) mass is 258 g/mol. The van der Waals surface area contributed by atoms with Crippen LogP contribution in [-0.2, 0) is 6.42 Å². The highest BCUT2D eigenvalue weighted by atomic mass is 32.1. The Labute approximate surface area is 117 Å². The summed E-state index contributed by atoms with van der Waals surface area (Å²) in [5.74, 6) is 4.94. The van der Waals surface area contributed by atoms with Gasteiger partial charge in [-0.2, -0.15) is 0 Å². The second-order valence-electron chi connectivity index (χ2n) is 5.79. The van der Waals surface area contributed by atoms with Crippen molar-refractivity contribution in [3.63, 3.8) is 0 Å². The molecule has 4 atom stereocenters. The van der Waals surface area contributed by atoms with Gasteiger partial charge in [0.2, 0.25) is 0 Å². The Kier molecular flexibility index (Phi) is 5.11. The average molecular weight is 258 g/mol. The molecule has 0 amide bonds. The summed E-state index contributed by atoms with van der Waals surface area (Å²) >= 11 is 1.88. The molecule has 1 fully saturated rings. The lowest BCUT2D eigenvalue weighted by Gasteiger charge is -2.22. The SMILES string of the molecule is [B]C=CC1C(C)CC(C)C1CCCc1cccs1. The summed E-state index contributed by atoms with van der Waals surface area (Å²) in [6, 6.07) is 4.41. The quantitative estimate of drug-likeness (QED) is 0.674. The van der Waals surface area contributed by atoms with Crippen molar-refractivity contribution in [3.05, 3.63) is 34.4 Å². The summed E-state index contributed by atoms with van der Waals surface area (Å²) in [5, 5.41) is 2.18. The number of aryl methyl sites for hydroxylation is 1. The molecule has 0 nitrogen and oxygen atoms in total. The summed E-state index contributed by atoms with van der Waals surface area (Å²) in [7, 11) is 5.61. The molecule has 0 N–H and O–H groups in total. The zero-order chi connectivity index (χ0) is 13.0. The van der Waals surface area contributed by atoms with Crippen LogP contribution in [0.3, 0.4) is 0 Å². The molecular formula is C16H23BS. The number of rotatable bonds is 5. The van der Waals surface area contributed by atoms with E-state index >= 15 is 0 Å². The Morgan fingerprint density at radius 2 is 2.22 bits per heavy atom. The van der Waals surface area contributed by atoms with Crippen LogP contribution in [0, 0.1) is 23.7 Å². The van der Waals surface area contributed by atoms with Gasteiger partial charge in [0.25, 0.3) is 0 Å². The van der Waals surface area contributed by atoms with E-state index in [4.69, 9.17) is 7.85 Å². The van der Waals surface area contributed by atoms with Crippen LogP contribution in [0.4, 0.5) is 0 Å². The number of hydrogen-bond acceptors (Lipinski definition) is 1. The van der Waals surface area contributed by atoms with Crippen molar-refractivity contribution in [2.24, 2.45) is 23.7 Å². The second kappa shape index (κ2) is 6.61. The van der Waals surface area contributed by atoms with E-state index in [1.54, 1.807) is 5.98 Å². The Bertz CT molecular complexity index is 368. The Morgan fingerprint density at radius 1 is 1.39 bits per heavy atom. The van der Waals surface area contributed by atoms with Gasteiger partial charge < -0.3 is 0 Å². The molecule has 1 aromatic heterocycles. The Balaban J connectivity index is 1.86. The minimum atomic E-state index is 0.702. The fraction of sp³-hybridized carbons (Fsp3) is 0.625. The standard InChI is InChI=1S/C16H23BS/c1-12-11-13(2)16(8-9-17)15(12)7-3-5-14-6-4-10-18-14/h4,6,8-10,12-13,15-16H,3,5,7,11H2,1-2H3. The largest absolute Gasteiger partial charge is 0.149 e. The fourth-order valence-corrected chi connectivity index (χ4v) is 4.38. The van der Waals surface area contributed by atoms with E-state index in [2.05, 4.69) is 37.4 Å². The van der Waals surface area contributed by atoms with Crippen molar-refractivity contribution in [3.8, 4) is 0 Å². The van der Waals surface area contributed by atoms with Crippen molar-refractivity contribution in [1.82, 2.24) is 0 Å². The second-order valence-corrected chi connectivity index (χ2v) is 6.82. The van der Waals surface area contributed by atoms with Gasteiger partial charge in [-0.15, -0.1) is 17.3 Å². The molecule has 96 valence electrons. The average Bonchev–Trinajstić information content (AvgIpc) is 2.92. The van der Waals surface area contributed by atoms with Crippen molar-refractivity contribution < 1.29 is 0 Å². The van der Waals surface area contributed by atoms with E-state index in [0.29, 0.717) is 5.92 Å². The summed E-state index contributed by atoms with van der Waals surface area (Å²) in [6.45, 7) is 4.79. The van der Waals surface area contributed by atoms with Crippen molar-refractivity contribution in [2.75, 3.05) is 0 Å².